The standard InChI is InChI=1S/C12H17FN2O2/c1-8(9-5-10(13)7-14-6-9)15-12(2,3)11(16)17-4/h5-8,15H,1-4H3. The summed E-state index contributed by atoms with van der Waals surface area (Å²) in [4.78, 5) is 15.3. The first-order valence-corrected chi connectivity index (χ1v) is 5.33. The number of esters is 1. The van der Waals surface area contributed by atoms with Gasteiger partial charge in [0, 0.05) is 12.2 Å². The summed E-state index contributed by atoms with van der Waals surface area (Å²) < 4.78 is 17.7. The monoisotopic (exact) mass is 240 g/mol. The molecule has 17 heavy (non-hydrogen) atoms. The van der Waals surface area contributed by atoms with Crippen LogP contribution >= 0.6 is 0 Å². The van der Waals surface area contributed by atoms with Gasteiger partial charge in [-0.1, -0.05) is 0 Å². The highest BCUT2D eigenvalue weighted by Crippen LogP contribution is 2.17. The van der Waals surface area contributed by atoms with Gasteiger partial charge in [-0.05, 0) is 32.4 Å². The van der Waals surface area contributed by atoms with Crippen molar-refractivity contribution in [3.8, 4) is 0 Å². The van der Waals surface area contributed by atoms with Crippen LogP contribution in [0.2, 0.25) is 0 Å². The van der Waals surface area contributed by atoms with E-state index in [9.17, 15) is 9.18 Å². The van der Waals surface area contributed by atoms with Gasteiger partial charge in [-0.2, -0.15) is 0 Å². The lowest BCUT2D eigenvalue weighted by atomic mass is 10.0. The van der Waals surface area contributed by atoms with E-state index in [-0.39, 0.29) is 12.0 Å². The van der Waals surface area contributed by atoms with Gasteiger partial charge in [0.2, 0.25) is 0 Å². The largest absolute Gasteiger partial charge is 0.468 e. The van der Waals surface area contributed by atoms with E-state index in [1.54, 1.807) is 20.0 Å². The maximum atomic E-state index is 13.0. The summed E-state index contributed by atoms with van der Waals surface area (Å²) in [6.07, 6.45) is 2.70. The van der Waals surface area contributed by atoms with Crippen molar-refractivity contribution in [2.75, 3.05) is 7.11 Å². The van der Waals surface area contributed by atoms with Gasteiger partial charge in [0.15, 0.2) is 0 Å². The SMILES string of the molecule is COC(=O)C(C)(C)NC(C)c1cncc(F)c1. The van der Waals surface area contributed by atoms with Gasteiger partial charge in [0.05, 0.1) is 13.3 Å². The smallest absolute Gasteiger partial charge is 0.325 e. The van der Waals surface area contributed by atoms with Crippen LogP contribution in [0, 0.1) is 5.82 Å². The fourth-order valence-corrected chi connectivity index (χ4v) is 1.60. The minimum absolute atomic E-state index is 0.202. The lowest BCUT2D eigenvalue weighted by molar-refractivity contribution is -0.147. The Kier molecular flexibility index (Phi) is 4.17. The second kappa shape index (κ2) is 5.23. The topological polar surface area (TPSA) is 51.2 Å². The van der Waals surface area contributed by atoms with Crippen LogP contribution < -0.4 is 5.32 Å². The summed E-state index contributed by atoms with van der Waals surface area (Å²) in [5, 5.41) is 3.07. The van der Waals surface area contributed by atoms with Crippen LogP contribution in [0.4, 0.5) is 4.39 Å². The number of halogens is 1. The van der Waals surface area contributed by atoms with Crippen molar-refractivity contribution in [1.82, 2.24) is 10.3 Å². The summed E-state index contributed by atoms with van der Waals surface area (Å²) in [6.45, 7) is 5.26. The highest BCUT2D eigenvalue weighted by atomic mass is 19.1. The molecule has 0 fully saturated rings. The lowest BCUT2D eigenvalue weighted by Crippen LogP contribution is -2.48. The Labute approximate surface area is 100 Å². The number of pyridine rings is 1. The molecular weight excluding hydrogens is 223 g/mol. The molecule has 0 spiro atoms. The molecule has 0 saturated carbocycles. The molecule has 1 N–H and O–H groups in total. The number of rotatable bonds is 4. The fourth-order valence-electron chi connectivity index (χ4n) is 1.60. The summed E-state index contributed by atoms with van der Waals surface area (Å²) in [5.41, 5.74) is -0.150. The van der Waals surface area contributed by atoms with Crippen LogP contribution in [0.25, 0.3) is 0 Å². The number of hydrogen-bond acceptors (Lipinski definition) is 4. The summed E-state index contributed by atoms with van der Waals surface area (Å²) in [5.74, 6) is -0.763. The Morgan fingerprint density at radius 2 is 2.18 bits per heavy atom. The maximum absolute atomic E-state index is 13.0. The molecule has 0 aromatic carbocycles. The van der Waals surface area contributed by atoms with Crippen LogP contribution in [0.5, 0.6) is 0 Å². The minimum atomic E-state index is -0.833. The molecule has 1 unspecified atom stereocenters. The van der Waals surface area contributed by atoms with Crippen LogP contribution in [-0.4, -0.2) is 23.6 Å². The fraction of sp³-hybridized carbons (Fsp3) is 0.500. The second-order valence-electron chi connectivity index (χ2n) is 4.42. The Bertz CT molecular complexity index is 407. The third kappa shape index (κ3) is 3.49. The molecule has 0 bridgehead atoms. The highest BCUT2D eigenvalue weighted by Gasteiger charge is 2.30. The van der Waals surface area contributed by atoms with E-state index in [0.29, 0.717) is 5.56 Å². The first-order chi connectivity index (χ1) is 7.86. The molecular formula is C12H17FN2O2. The zero-order valence-corrected chi connectivity index (χ0v) is 10.5. The first-order valence-electron chi connectivity index (χ1n) is 5.33. The normalized spacial score (nSPS) is 13.2. The molecule has 0 amide bonds. The Hall–Kier alpha value is -1.49. The van der Waals surface area contributed by atoms with E-state index in [0.717, 1.165) is 6.20 Å². The Balaban J connectivity index is 2.79. The highest BCUT2D eigenvalue weighted by molar-refractivity contribution is 5.79. The van der Waals surface area contributed by atoms with E-state index in [1.165, 1.54) is 13.2 Å². The average molecular weight is 240 g/mol. The van der Waals surface area contributed by atoms with Crippen LogP contribution in [0.1, 0.15) is 32.4 Å². The lowest BCUT2D eigenvalue weighted by Gasteiger charge is -2.27. The van der Waals surface area contributed by atoms with Crippen molar-refractivity contribution in [1.29, 1.82) is 0 Å². The van der Waals surface area contributed by atoms with E-state index in [4.69, 9.17) is 0 Å². The number of nitrogens with zero attached hydrogens (tertiary/aromatic N) is 1. The Morgan fingerprint density at radius 1 is 1.53 bits per heavy atom. The summed E-state index contributed by atoms with van der Waals surface area (Å²) in [7, 11) is 1.33. The predicted octanol–water partition coefficient (Wildman–Crippen LogP) is 1.82. The second-order valence-corrected chi connectivity index (χ2v) is 4.42. The molecule has 94 valence electrons. The molecule has 1 aromatic heterocycles. The van der Waals surface area contributed by atoms with Crippen molar-refractivity contribution in [2.24, 2.45) is 0 Å². The third-order valence-electron chi connectivity index (χ3n) is 2.50. The molecule has 0 radical (unpaired) electrons. The number of ether oxygens (including phenoxy) is 1. The first kappa shape index (κ1) is 13.6. The summed E-state index contributed by atoms with van der Waals surface area (Å²) >= 11 is 0. The van der Waals surface area contributed by atoms with Gasteiger partial charge < -0.3 is 4.74 Å². The third-order valence-corrected chi connectivity index (χ3v) is 2.50. The van der Waals surface area contributed by atoms with Crippen molar-refractivity contribution < 1.29 is 13.9 Å². The predicted molar refractivity (Wildman–Crippen MR) is 61.8 cm³/mol. The molecule has 1 rings (SSSR count). The zero-order chi connectivity index (χ0) is 13.1. The van der Waals surface area contributed by atoms with Gasteiger partial charge in [-0.25, -0.2) is 4.39 Å². The van der Waals surface area contributed by atoms with Crippen molar-refractivity contribution in [3.05, 3.63) is 29.8 Å². The maximum Gasteiger partial charge on any atom is 0.325 e. The van der Waals surface area contributed by atoms with Gasteiger partial charge in [0.1, 0.15) is 11.4 Å². The number of carbonyl (C=O) groups excluding carboxylic acids is 1. The van der Waals surface area contributed by atoms with Crippen LogP contribution in [-0.2, 0) is 9.53 Å². The van der Waals surface area contributed by atoms with Crippen LogP contribution in [0.3, 0.4) is 0 Å². The van der Waals surface area contributed by atoms with Crippen molar-refractivity contribution >= 4 is 5.97 Å². The van der Waals surface area contributed by atoms with Crippen molar-refractivity contribution in [3.63, 3.8) is 0 Å². The molecule has 0 aliphatic carbocycles. The molecule has 0 aliphatic rings. The van der Waals surface area contributed by atoms with E-state index in [1.807, 2.05) is 6.92 Å². The number of hydrogen-bond donors (Lipinski definition) is 1. The van der Waals surface area contributed by atoms with Crippen LogP contribution in [0.15, 0.2) is 18.5 Å². The molecule has 0 saturated heterocycles. The van der Waals surface area contributed by atoms with Gasteiger partial charge in [0.25, 0.3) is 0 Å². The van der Waals surface area contributed by atoms with Gasteiger partial charge >= 0.3 is 5.97 Å². The average Bonchev–Trinajstić information content (AvgIpc) is 2.27. The molecule has 0 aliphatic heterocycles. The number of nitrogens with one attached hydrogen (secondary N) is 1. The number of aromatic nitrogens is 1. The van der Waals surface area contributed by atoms with E-state index < -0.39 is 11.4 Å². The zero-order valence-electron chi connectivity index (χ0n) is 10.5. The minimum Gasteiger partial charge on any atom is -0.468 e. The quantitative estimate of drug-likeness (QED) is 0.816. The molecule has 1 aromatic rings. The molecule has 1 atom stereocenters. The van der Waals surface area contributed by atoms with Gasteiger partial charge in [-0.15, -0.1) is 0 Å². The molecule has 4 nitrogen and oxygen atoms in total. The number of carbonyl (C=O) groups is 1. The number of methoxy groups -OCH3 is 1. The molecule has 5 heteroatoms. The van der Waals surface area contributed by atoms with E-state index in [2.05, 4.69) is 15.0 Å². The molecule has 1 heterocycles. The van der Waals surface area contributed by atoms with E-state index >= 15 is 0 Å². The summed E-state index contributed by atoms with van der Waals surface area (Å²) in [6, 6.07) is 1.19. The Morgan fingerprint density at radius 3 is 2.71 bits per heavy atom. The van der Waals surface area contributed by atoms with Crippen molar-refractivity contribution in [2.45, 2.75) is 32.4 Å². The van der Waals surface area contributed by atoms with Gasteiger partial charge in [-0.3, -0.25) is 15.1 Å².